The molecule has 1 heterocycles. The summed E-state index contributed by atoms with van der Waals surface area (Å²) < 4.78 is 0. The monoisotopic (exact) mass is 599 g/mol. The van der Waals surface area contributed by atoms with Gasteiger partial charge < -0.3 is 26.6 Å². The van der Waals surface area contributed by atoms with Crippen molar-refractivity contribution in [3.63, 3.8) is 0 Å². The number of nitrogens with zero attached hydrogens (tertiary/aromatic N) is 1. The number of hydrogen-bond donors (Lipinski definition) is 4. The molecular formula is C33H53N5O5. The van der Waals surface area contributed by atoms with Crippen LogP contribution in [0.5, 0.6) is 0 Å². The summed E-state index contributed by atoms with van der Waals surface area (Å²) in [5, 5.41) is 9.17. The minimum absolute atomic E-state index is 0.0220. The largest absolute Gasteiger partial charge is 0.363 e. The van der Waals surface area contributed by atoms with Crippen molar-refractivity contribution in [2.45, 2.75) is 141 Å². The highest BCUT2D eigenvalue weighted by molar-refractivity contribution is 6.37. The molecular weight excluding hydrogens is 546 g/mol. The van der Waals surface area contributed by atoms with Crippen LogP contribution in [0.2, 0.25) is 0 Å². The van der Waals surface area contributed by atoms with Gasteiger partial charge in [0.15, 0.2) is 0 Å². The smallest absolute Gasteiger partial charge is 0.315 e. The third-order valence-corrected chi connectivity index (χ3v) is 11.3. The van der Waals surface area contributed by atoms with E-state index in [9.17, 15) is 24.0 Å². The molecule has 43 heavy (non-hydrogen) atoms. The summed E-state index contributed by atoms with van der Waals surface area (Å²) in [4.78, 5) is 68.1. The Kier molecular flexibility index (Phi) is 8.89. The van der Waals surface area contributed by atoms with Crippen molar-refractivity contribution in [2.75, 3.05) is 6.54 Å². The van der Waals surface area contributed by atoms with Gasteiger partial charge in [-0.15, -0.1) is 0 Å². The number of nitrogens with one attached hydrogen (secondary N) is 3. The minimum Gasteiger partial charge on any atom is -0.363 e. The molecule has 5 aliphatic rings. The van der Waals surface area contributed by atoms with Crippen molar-refractivity contribution in [3.05, 3.63) is 0 Å². The number of rotatable bonds is 11. The van der Waals surface area contributed by atoms with Gasteiger partial charge in [-0.2, -0.15) is 0 Å². The van der Waals surface area contributed by atoms with E-state index in [4.69, 9.17) is 5.73 Å². The quantitative estimate of drug-likeness (QED) is 0.268. The molecule has 1 aliphatic heterocycles. The molecule has 5 fully saturated rings. The Morgan fingerprint density at radius 1 is 0.930 bits per heavy atom. The topological polar surface area (TPSA) is 151 Å². The molecule has 1 saturated heterocycles. The number of hydrogen-bond acceptors (Lipinski definition) is 5. The highest BCUT2D eigenvalue weighted by Gasteiger charge is 2.74. The number of ketones is 1. The molecule has 0 radical (unpaired) electrons. The standard InChI is InChI=1S/C33H53N5O5/c1-5-13-32(14-7-6-8-15-32)37-30(43)36-26(31(2,3)4)29(42)38-19-21-23(33(21)16-9-10-17-33)24(38)28(41)35-22(18-20-11-12-20)25(39)27(34)40/h20-24,26H,5-19H2,1-4H3,(H2,34,40)(H,35,41)(H2,36,37,43)/t21?,22?,23-,24-,26+/m0/s1. The Morgan fingerprint density at radius 3 is 2.12 bits per heavy atom. The molecule has 2 unspecified atom stereocenters. The van der Waals surface area contributed by atoms with Gasteiger partial charge in [-0.25, -0.2) is 4.79 Å². The fraction of sp³-hybridized carbons (Fsp3) is 0.848. The van der Waals surface area contributed by atoms with Crippen molar-refractivity contribution < 1.29 is 24.0 Å². The van der Waals surface area contributed by atoms with Crippen molar-refractivity contribution in [3.8, 4) is 0 Å². The highest BCUT2D eigenvalue weighted by Crippen LogP contribution is 2.72. The van der Waals surface area contributed by atoms with E-state index in [1.807, 2.05) is 20.8 Å². The van der Waals surface area contributed by atoms with Crippen LogP contribution in [0.25, 0.3) is 0 Å². The van der Waals surface area contributed by atoms with Gasteiger partial charge >= 0.3 is 6.03 Å². The second-order valence-electron chi connectivity index (χ2n) is 15.5. The predicted octanol–water partition coefficient (Wildman–Crippen LogP) is 3.56. The Labute approximate surface area is 256 Å². The number of piperidine rings is 1. The maximum absolute atomic E-state index is 14.4. The molecule has 4 saturated carbocycles. The summed E-state index contributed by atoms with van der Waals surface area (Å²) in [7, 11) is 0. The summed E-state index contributed by atoms with van der Waals surface area (Å²) in [6.07, 6.45) is 13.7. The number of carbonyl (C=O) groups is 5. The third-order valence-electron chi connectivity index (χ3n) is 11.3. The summed E-state index contributed by atoms with van der Waals surface area (Å²) in [5.74, 6) is -1.95. The Balaban J connectivity index is 1.35. The van der Waals surface area contributed by atoms with E-state index in [0.29, 0.717) is 13.0 Å². The van der Waals surface area contributed by atoms with Crippen molar-refractivity contribution in [1.29, 1.82) is 0 Å². The number of urea groups is 1. The number of carbonyl (C=O) groups excluding carboxylic acids is 5. The Hall–Kier alpha value is -2.65. The molecule has 1 spiro atoms. The van der Waals surface area contributed by atoms with Crippen LogP contribution >= 0.6 is 0 Å². The highest BCUT2D eigenvalue weighted by atomic mass is 16.2. The summed E-state index contributed by atoms with van der Waals surface area (Å²) in [6, 6.07) is -2.88. The molecule has 5 N–H and O–H groups in total. The molecule has 4 aliphatic carbocycles. The zero-order valence-corrected chi connectivity index (χ0v) is 26.6. The lowest BCUT2D eigenvalue weighted by atomic mass is 9.78. The first kappa shape index (κ1) is 31.8. The lowest BCUT2D eigenvalue weighted by Crippen LogP contribution is -2.63. The molecule has 0 aromatic rings. The molecule has 240 valence electrons. The molecule has 0 aromatic carbocycles. The Bertz CT molecular complexity index is 1110. The van der Waals surface area contributed by atoms with Gasteiger partial charge in [-0.1, -0.05) is 79.1 Å². The van der Waals surface area contributed by atoms with E-state index in [-0.39, 0.29) is 46.6 Å². The molecule has 10 heteroatoms. The van der Waals surface area contributed by atoms with E-state index in [2.05, 4.69) is 22.9 Å². The van der Waals surface area contributed by atoms with Crippen molar-refractivity contribution >= 4 is 29.5 Å². The van der Waals surface area contributed by atoms with Gasteiger partial charge in [0.25, 0.3) is 5.91 Å². The predicted molar refractivity (Wildman–Crippen MR) is 162 cm³/mol. The lowest BCUT2D eigenvalue weighted by molar-refractivity contribution is -0.145. The first-order valence-corrected chi connectivity index (χ1v) is 16.8. The normalized spacial score (nSPS) is 28.5. The van der Waals surface area contributed by atoms with Crippen LogP contribution in [0.15, 0.2) is 0 Å². The fourth-order valence-corrected chi connectivity index (χ4v) is 8.94. The Morgan fingerprint density at radius 2 is 1.56 bits per heavy atom. The maximum atomic E-state index is 14.4. The number of Topliss-reactive ketones (excluding diaryl/α,β-unsaturated/α-hetero) is 1. The van der Waals surface area contributed by atoms with E-state index in [0.717, 1.165) is 77.0 Å². The third kappa shape index (κ3) is 6.44. The van der Waals surface area contributed by atoms with Gasteiger partial charge in [0.1, 0.15) is 12.1 Å². The van der Waals surface area contributed by atoms with Gasteiger partial charge in [0.2, 0.25) is 17.6 Å². The van der Waals surface area contributed by atoms with Crippen LogP contribution < -0.4 is 21.7 Å². The number of likely N-dealkylation sites (tertiary alicyclic amines) is 1. The van der Waals surface area contributed by atoms with Crippen LogP contribution in [0.4, 0.5) is 4.79 Å². The first-order chi connectivity index (χ1) is 20.3. The van der Waals surface area contributed by atoms with E-state index in [1.165, 1.54) is 6.42 Å². The van der Waals surface area contributed by atoms with Crippen LogP contribution in [-0.4, -0.2) is 64.6 Å². The average molecular weight is 600 g/mol. The molecule has 5 amide bonds. The summed E-state index contributed by atoms with van der Waals surface area (Å²) in [5.41, 5.74) is 4.56. The van der Waals surface area contributed by atoms with Crippen LogP contribution in [0.3, 0.4) is 0 Å². The number of amides is 5. The van der Waals surface area contributed by atoms with Crippen LogP contribution in [0.1, 0.15) is 118 Å². The van der Waals surface area contributed by atoms with Gasteiger partial charge in [-0.05, 0) is 67.1 Å². The van der Waals surface area contributed by atoms with Gasteiger partial charge in [0.05, 0.1) is 6.04 Å². The number of fused-ring (bicyclic) bond motifs is 3. The minimum atomic E-state index is -1.05. The van der Waals surface area contributed by atoms with E-state index >= 15 is 0 Å². The first-order valence-electron chi connectivity index (χ1n) is 16.8. The van der Waals surface area contributed by atoms with Crippen molar-refractivity contribution in [2.24, 2.45) is 34.3 Å². The lowest BCUT2D eigenvalue weighted by Gasteiger charge is -2.41. The maximum Gasteiger partial charge on any atom is 0.315 e. The second kappa shape index (κ2) is 12.0. The number of nitrogens with two attached hydrogens (primary N) is 1. The number of primary amides is 1. The second-order valence-corrected chi connectivity index (χ2v) is 15.5. The zero-order valence-electron chi connectivity index (χ0n) is 26.6. The van der Waals surface area contributed by atoms with E-state index < -0.39 is 35.2 Å². The fourth-order valence-electron chi connectivity index (χ4n) is 8.94. The molecule has 0 bridgehead atoms. The molecule has 5 rings (SSSR count). The SMILES string of the molecule is CCCC1(NC(=O)N[C@H](C(=O)N2CC3[C@@H]([C@H]2C(=O)NC(CC2CC2)C(=O)C(N)=O)C32CCCC2)C(C)(C)C)CCCCC1. The van der Waals surface area contributed by atoms with Crippen LogP contribution in [0, 0.1) is 28.6 Å². The molecule has 10 nitrogen and oxygen atoms in total. The van der Waals surface area contributed by atoms with Crippen molar-refractivity contribution in [1.82, 2.24) is 20.9 Å². The molecule has 5 atom stereocenters. The zero-order chi connectivity index (χ0) is 31.2. The van der Waals surface area contributed by atoms with Gasteiger partial charge in [-0.3, -0.25) is 19.2 Å². The summed E-state index contributed by atoms with van der Waals surface area (Å²) in [6.45, 7) is 8.39. The summed E-state index contributed by atoms with van der Waals surface area (Å²) >= 11 is 0. The van der Waals surface area contributed by atoms with Gasteiger partial charge in [0, 0.05) is 12.1 Å². The molecule has 0 aromatic heterocycles. The average Bonchev–Trinajstić information content (AvgIpc) is 3.72. The van der Waals surface area contributed by atoms with E-state index in [1.54, 1.807) is 4.90 Å². The van der Waals surface area contributed by atoms with Crippen LogP contribution in [-0.2, 0) is 19.2 Å².